The highest BCUT2D eigenvalue weighted by atomic mass is 79.9. The summed E-state index contributed by atoms with van der Waals surface area (Å²) in [5.41, 5.74) is 1.13. The molecule has 0 heterocycles. The Morgan fingerprint density at radius 1 is 1.29 bits per heavy atom. The van der Waals surface area contributed by atoms with Crippen molar-refractivity contribution in [3.63, 3.8) is 0 Å². The third kappa shape index (κ3) is 2.88. The molecule has 0 saturated heterocycles. The molecule has 78 valence electrons. The van der Waals surface area contributed by atoms with Gasteiger partial charge in [0.25, 0.3) is 0 Å². The lowest BCUT2D eigenvalue weighted by molar-refractivity contribution is 0.547. The fourth-order valence-electron chi connectivity index (χ4n) is 1.30. The second kappa shape index (κ2) is 5.39. The van der Waals surface area contributed by atoms with E-state index in [9.17, 15) is 0 Å². The molecule has 1 aromatic rings. The minimum atomic E-state index is 0.417. The van der Waals surface area contributed by atoms with Gasteiger partial charge in [0.15, 0.2) is 0 Å². The van der Waals surface area contributed by atoms with Crippen molar-refractivity contribution in [1.29, 1.82) is 0 Å². The van der Waals surface area contributed by atoms with Gasteiger partial charge < -0.3 is 0 Å². The second-order valence-electron chi connectivity index (χ2n) is 3.59. The van der Waals surface area contributed by atoms with Crippen LogP contribution in [0.1, 0.15) is 25.3 Å². The van der Waals surface area contributed by atoms with Crippen molar-refractivity contribution in [2.45, 2.75) is 19.8 Å². The van der Waals surface area contributed by atoms with Crippen molar-refractivity contribution in [2.75, 3.05) is 5.33 Å². The van der Waals surface area contributed by atoms with Gasteiger partial charge in [0.1, 0.15) is 0 Å². The minimum absolute atomic E-state index is 0.417. The molecular formula is C11H13BrCl2. The smallest absolute Gasteiger partial charge is 0.0441 e. The minimum Gasteiger partial charge on any atom is -0.0925 e. The Balaban J connectivity index is 2.99. The van der Waals surface area contributed by atoms with Gasteiger partial charge in [0.05, 0.1) is 0 Å². The fraction of sp³-hybridized carbons (Fsp3) is 0.455. The number of benzene rings is 1. The molecule has 1 aromatic carbocycles. The Morgan fingerprint density at radius 3 is 2.50 bits per heavy atom. The van der Waals surface area contributed by atoms with Crippen LogP contribution in [0.2, 0.25) is 10.0 Å². The van der Waals surface area contributed by atoms with E-state index in [0.29, 0.717) is 11.8 Å². The standard InChI is InChI=1S/C11H13BrCl2/c1-7(6-12)8(2)10-5-9(13)3-4-11(10)14/h3-5,7-8H,6H2,1-2H3. The van der Waals surface area contributed by atoms with Crippen LogP contribution in [0, 0.1) is 5.92 Å². The van der Waals surface area contributed by atoms with Gasteiger partial charge in [0, 0.05) is 15.4 Å². The lowest BCUT2D eigenvalue weighted by Gasteiger charge is -2.19. The molecule has 3 heteroatoms. The van der Waals surface area contributed by atoms with Crippen LogP contribution in [0.25, 0.3) is 0 Å². The predicted molar refractivity (Wildman–Crippen MR) is 67.8 cm³/mol. The lowest BCUT2D eigenvalue weighted by Crippen LogP contribution is -2.07. The van der Waals surface area contributed by atoms with Gasteiger partial charge in [-0.1, -0.05) is 53.0 Å². The molecule has 2 atom stereocenters. The van der Waals surface area contributed by atoms with Gasteiger partial charge in [-0.3, -0.25) is 0 Å². The Bertz CT molecular complexity index is 312. The average molecular weight is 296 g/mol. The summed E-state index contributed by atoms with van der Waals surface area (Å²) in [5.74, 6) is 0.964. The Labute approximate surface area is 104 Å². The summed E-state index contributed by atoms with van der Waals surface area (Å²) in [7, 11) is 0. The van der Waals surface area contributed by atoms with Crippen molar-refractivity contribution in [1.82, 2.24) is 0 Å². The Morgan fingerprint density at radius 2 is 1.93 bits per heavy atom. The molecular weight excluding hydrogens is 283 g/mol. The Hall–Kier alpha value is 0.280. The summed E-state index contributed by atoms with van der Waals surface area (Å²) in [6.07, 6.45) is 0. The predicted octanol–water partition coefficient (Wildman–Crippen LogP) is 5.13. The van der Waals surface area contributed by atoms with E-state index in [0.717, 1.165) is 20.9 Å². The maximum absolute atomic E-state index is 6.12. The number of hydrogen-bond donors (Lipinski definition) is 0. The van der Waals surface area contributed by atoms with Crippen LogP contribution in [-0.2, 0) is 0 Å². The van der Waals surface area contributed by atoms with E-state index in [1.165, 1.54) is 0 Å². The molecule has 0 amide bonds. The van der Waals surface area contributed by atoms with Crippen molar-refractivity contribution < 1.29 is 0 Å². The molecule has 0 nitrogen and oxygen atoms in total. The normalized spacial score (nSPS) is 15.2. The van der Waals surface area contributed by atoms with Crippen LogP contribution >= 0.6 is 39.1 Å². The van der Waals surface area contributed by atoms with Gasteiger partial charge in [0.2, 0.25) is 0 Å². The molecule has 0 aliphatic heterocycles. The summed E-state index contributed by atoms with van der Waals surface area (Å²) < 4.78 is 0. The lowest BCUT2D eigenvalue weighted by atomic mass is 9.90. The highest BCUT2D eigenvalue weighted by Gasteiger charge is 2.16. The van der Waals surface area contributed by atoms with E-state index in [1.54, 1.807) is 0 Å². The van der Waals surface area contributed by atoms with E-state index in [4.69, 9.17) is 23.2 Å². The van der Waals surface area contributed by atoms with Crippen molar-refractivity contribution in [3.05, 3.63) is 33.8 Å². The van der Waals surface area contributed by atoms with E-state index in [2.05, 4.69) is 29.8 Å². The molecule has 0 radical (unpaired) electrons. The van der Waals surface area contributed by atoms with Crippen LogP contribution in [0.5, 0.6) is 0 Å². The number of halogens is 3. The first-order valence-corrected chi connectivity index (χ1v) is 6.45. The van der Waals surface area contributed by atoms with Crippen molar-refractivity contribution >= 4 is 39.1 Å². The molecule has 2 unspecified atom stereocenters. The first-order valence-electron chi connectivity index (χ1n) is 4.57. The van der Waals surface area contributed by atoms with Gasteiger partial charge in [-0.25, -0.2) is 0 Å². The summed E-state index contributed by atoms with van der Waals surface area (Å²) >= 11 is 15.5. The summed E-state index contributed by atoms with van der Waals surface area (Å²) in [6, 6.07) is 5.63. The molecule has 0 fully saturated rings. The molecule has 0 spiro atoms. The fourth-order valence-corrected chi connectivity index (χ4v) is 2.33. The topological polar surface area (TPSA) is 0 Å². The largest absolute Gasteiger partial charge is 0.0925 e. The zero-order chi connectivity index (χ0) is 10.7. The van der Waals surface area contributed by atoms with E-state index < -0.39 is 0 Å². The zero-order valence-electron chi connectivity index (χ0n) is 8.23. The second-order valence-corrected chi connectivity index (χ2v) is 5.08. The molecule has 0 saturated carbocycles. The third-order valence-corrected chi connectivity index (χ3v) is 4.15. The molecule has 0 aliphatic rings. The van der Waals surface area contributed by atoms with Gasteiger partial charge >= 0.3 is 0 Å². The first kappa shape index (κ1) is 12.4. The molecule has 14 heavy (non-hydrogen) atoms. The summed E-state index contributed by atoms with van der Waals surface area (Å²) in [5, 5.41) is 2.52. The quantitative estimate of drug-likeness (QED) is 0.678. The van der Waals surface area contributed by atoms with Crippen molar-refractivity contribution in [2.24, 2.45) is 5.92 Å². The maximum Gasteiger partial charge on any atom is 0.0441 e. The zero-order valence-corrected chi connectivity index (χ0v) is 11.3. The Kier molecular flexibility index (Phi) is 4.75. The van der Waals surface area contributed by atoms with E-state index in [-0.39, 0.29) is 0 Å². The van der Waals surface area contributed by atoms with Crippen molar-refractivity contribution in [3.8, 4) is 0 Å². The van der Waals surface area contributed by atoms with Gasteiger partial charge in [-0.2, -0.15) is 0 Å². The monoisotopic (exact) mass is 294 g/mol. The molecule has 0 bridgehead atoms. The first-order chi connectivity index (χ1) is 6.56. The van der Waals surface area contributed by atoms with Crippen LogP contribution in [-0.4, -0.2) is 5.33 Å². The number of rotatable bonds is 3. The molecule has 0 aromatic heterocycles. The van der Waals surface area contributed by atoms with E-state index in [1.807, 2.05) is 18.2 Å². The van der Waals surface area contributed by atoms with Crippen LogP contribution < -0.4 is 0 Å². The number of alkyl halides is 1. The van der Waals surface area contributed by atoms with Crippen LogP contribution in [0.15, 0.2) is 18.2 Å². The highest BCUT2D eigenvalue weighted by molar-refractivity contribution is 9.09. The van der Waals surface area contributed by atoms with Gasteiger partial charge in [-0.05, 0) is 35.6 Å². The molecule has 0 aliphatic carbocycles. The van der Waals surface area contributed by atoms with E-state index >= 15 is 0 Å². The maximum atomic E-state index is 6.12. The average Bonchev–Trinajstić information content (AvgIpc) is 2.19. The highest BCUT2D eigenvalue weighted by Crippen LogP contribution is 2.32. The third-order valence-electron chi connectivity index (χ3n) is 2.55. The summed E-state index contributed by atoms with van der Waals surface area (Å²) in [6.45, 7) is 4.36. The molecule has 0 N–H and O–H groups in total. The summed E-state index contributed by atoms with van der Waals surface area (Å²) in [4.78, 5) is 0. The molecule has 1 rings (SSSR count). The van der Waals surface area contributed by atoms with Crippen LogP contribution in [0.4, 0.5) is 0 Å². The SMILES string of the molecule is CC(CBr)C(C)c1cc(Cl)ccc1Cl. The number of hydrogen-bond acceptors (Lipinski definition) is 0. The van der Waals surface area contributed by atoms with Gasteiger partial charge in [-0.15, -0.1) is 0 Å². The van der Waals surface area contributed by atoms with Crippen LogP contribution in [0.3, 0.4) is 0 Å².